The van der Waals surface area contributed by atoms with E-state index < -0.39 is 0 Å². The van der Waals surface area contributed by atoms with Crippen LogP contribution < -0.4 is 10.6 Å². The van der Waals surface area contributed by atoms with Crippen LogP contribution in [0.5, 0.6) is 0 Å². The summed E-state index contributed by atoms with van der Waals surface area (Å²) in [6.07, 6.45) is 1.47. The van der Waals surface area contributed by atoms with Crippen molar-refractivity contribution in [2.45, 2.75) is 26.2 Å². The summed E-state index contributed by atoms with van der Waals surface area (Å²) in [5.74, 6) is -0.565. The summed E-state index contributed by atoms with van der Waals surface area (Å²) in [4.78, 5) is 30.7. The molecule has 2 amide bonds. The normalized spacial score (nSPS) is 11.3. The van der Waals surface area contributed by atoms with Gasteiger partial charge in [0.15, 0.2) is 0 Å². The Morgan fingerprint density at radius 2 is 1.70 bits per heavy atom. The monoisotopic (exact) mass is 368 g/mol. The number of carbonyl (C=O) groups is 2. The van der Waals surface area contributed by atoms with Crippen LogP contribution in [0, 0.1) is 0 Å². The molecule has 0 fully saturated rings. The van der Waals surface area contributed by atoms with E-state index in [0.29, 0.717) is 17.8 Å². The highest BCUT2D eigenvalue weighted by Crippen LogP contribution is 2.23. The maximum absolute atomic E-state index is 12.5. The Balaban J connectivity index is 2.03. The third kappa shape index (κ3) is 6.18. The Bertz CT molecular complexity index is 793. The number of hydrogen-bond donors (Lipinski definition) is 2. The van der Waals surface area contributed by atoms with Gasteiger partial charge in [-0.1, -0.05) is 32.9 Å². The van der Waals surface area contributed by atoms with Crippen molar-refractivity contribution in [3.63, 3.8) is 0 Å². The molecule has 2 N–H and O–H groups in total. The lowest BCUT2D eigenvalue weighted by atomic mass is 9.87. The van der Waals surface area contributed by atoms with Crippen molar-refractivity contribution in [1.29, 1.82) is 0 Å². The van der Waals surface area contributed by atoms with Gasteiger partial charge in [-0.25, -0.2) is 0 Å². The summed E-state index contributed by atoms with van der Waals surface area (Å²) in [6.45, 7) is 7.68. The largest absolute Gasteiger partial charge is 0.349 e. The minimum atomic E-state index is -0.291. The molecular formula is C21H28N4O2. The van der Waals surface area contributed by atoms with Crippen LogP contribution in [0.1, 0.15) is 47.2 Å². The van der Waals surface area contributed by atoms with Crippen LogP contribution in [0.25, 0.3) is 0 Å². The number of pyridine rings is 1. The number of amides is 2. The summed E-state index contributed by atoms with van der Waals surface area (Å²) >= 11 is 0. The first-order valence-corrected chi connectivity index (χ1v) is 8.97. The predicted molar refractivity (Wildman–Crippen MR) is 108 cm³/mol. The van der Waals surface area contributed by atoms with E-state index in [4.69, 9.17) is 0 Å². The average molecular weight is 368 g/mol. The van der Waals surface area contributed by atoms with Gasteiger partial charge >= 0.3 is 0 Å². The second-order valence-corrected chi connectivity index (χ2v) is 7.77. The van der Waals surface area contributed by atoms with Crippen molar-refractivity contribution in [1.82, 2.24) is 15.2 Å². The van der Waals surface area contributed by atoms with Crippen LogP contribution in [-0.4, -0.2) is 48.9 Å². The topological polar surface area (TPSA) is 74.3 Å². The van der Waals surface area contributed by atoms with Gasteiger partial charge in [0.2, 0.25) is 0 Å². The lowest BCUT2D eigenvalue weighted by Gasteiger charge is -2.19. The van der Waals surface area contributed by atoms with Crippen LogP contribution in [0.4, 0.5) is 5.69 Å². The Labute approximate surface area is 161 Å². The van der Waals surface area contributed by atoms with E-state index in [9.17, 15) is 9.59 Å². The van der Waals surface area contributed by atoms with Gasteiger partial charge in [-0.2, -0.15) is 0 Å². The first-order chi connectivity index (χ1) is 12.7. The molecule has 27 heavy (non-hydrogen) atoms. The molecule has 1 aromatic heterocycles. The molecule has 1 heterocycles. The maximum Gasteiger partial charge on any atom is 0.269 e. The Morgan fingerprint density at radius 1 is 1.04 bits per heavy atom. The van der Waals surface area contributed by atoms with Crippen LogP contribution >= 0.6 is 0 Å². The molecule has 0 radical (unpaired) electrons. The minimum Gasteiger partial charge on any atom is -0.349 e. The zero-order valence-electron chi connectivity index (χ0n) is 16.7. The second kappa shape index (κ2) is 8.77. The highest BCUT2D eigenvalue weighted by atomic mass is 16.2. The van der Waals surface area contributed by atoms with Crippen molar-refractivity contribution >= 4 is 17.5 Å². The van der Waals surface area contributed by atoms with Crippen molar-refractivity contribution in [2.75, 3.05) is 32.5 Å². The molecule has 0 atom stereocenters. The highest BCUT2D eigenvalue weighted by Gasteiger charge is 2.14. The van der Waals surface area contributed by atoms with Crippen LogP contribution in [0.3, 0.4) is 0 Å². The molecule has 0 unspecified atom stereocenters. The Morgan fingerprint density at radius 3 is 2.30 bits per heavy atom. The Kier molecular flexibility index (Phi) is 6.69. The molecule has 6 heteroatoms. The fourth-order valence-corrected chi connectivity index (χ4v) is 2.44. The first-order valence-electron chi connectivity index (χ1n) is 8.97. The number of carbonyl (C=O) groups excluding carboxylic acids is 2. The van der Waals surface area contributed by atoms with Gasteiger partial charge in [0, 0.05) is 30.5 Å². The lowest BCUT2D eigenvalue weighted by molar-refractivity contribution is 0.0946. The molecule has 0 spiro atoms. The second-order valence-electron chi connectivity index (χ2n) is 7.77. The molecule has 144 valence electrons. The van der Waals surface area contributed by atoms with Crippen molar-refractivity contribution in [3.8, 4) is 0 Å². The summed E-state index contributed by atoms with van der Waals surface area (Å²) in [6, 6.07) is 10.9. The molecule has 0 aliphatic rings. The number of nitrogens with zero attached hydrogens (tertiary/aromatic N) is 2. The minimum absolute atomic E-state index is 0.0580. The van der Waals surface area contributed by atoms with Crippen LogP contribution in [0.2, 0.25) is 0 Å². The van der Waals surface area contributed by atoms with Gasteiger partial charge in [-0.05, 0) is 49.3 Å². The number of hydrogen-bond acceptors (Lipinski definition) is 4. The van der Waals surface area contributed by atoms with Crippen molar-refractivity contribution in [2.24, 2.45) is 0 Å². The zero-order valence-corrected chi connectivity index (χ0v) is 16.7. The molecule has 6 nitrogen and oxygen atoms in total. The number of nitrogens with one attached hydrogen (secondary N) is 2. The number of rotatable bonds is 6. The number of aromatic nitrogens is 1. The summed E-state index contributed by atoms with van der Waals surface area (Å²) in [5.41, 5.74) is 2.58. The van der Waals surface area contributed by atoms with E-state index in [1.54, 1.807) is 6.07 Å². The van der Waals surface area contributed by atoms with Gasteiger partial charge < -0.3 is 15.5 Å². The fourth-order valence-electron chi connectivity index (χ4n) is 2.44. The van der Waals surface area contributed by atoms with Crippen LogP contribution in [-0.2, 0) is 5.41 Å². The molecule has 0 aliphatic carbocycles. The van der Waals surface area contributed by atoms with E-state index >= 15 is 0 Å². The first kappa shape index (κ1) is 20.6. The average Bonchev–Trinajstić information content (AvgIpc) is 2.61. The SMILES string of the molecule is CN(C)CCNC(=O)c1cc(C(=O)Nc2ccc(C(C)(C)C)cc2)ccn1. The van der Waals surface area contributed by atoms with Gasteiger partial charge in [-0.15, -0.1) is 0 Å². The molecule has 0 saturated heterocycles. The van der Waals surface area contributed by atoms with E-state index in [0.717, 1.165) is 6.54 Å². The zero-order chi connectivity index (χ0) is 20.0. The van der Waals surface area contributed by atoms with Gasteiger partial charge in [-0.3, -0.25) is 14.6 Å². The van der Waals surface area contributed by atoms with Crippen molar-refractivity contribution in [3.05, 3.63) is 59.4 Å². The third-order valence-electron chi connectivity index (χ3n) is 4.11. The van der Waals surface area contributed by atoms with Crippen molar-refractivity contribution < 1.29 is 9.59 Å². The molecular weight excluding hydrogens is 340 g/mol. The summed E-state index contributed by atoms with van der Waals surface area (Å²) in [7, 11) is 3.87. The standard InChI is InChI=1S/C21H28N4O2/c1-21(2,3)16-6-8-17(9-7-16)24-19(26)15-10-11-22-18(14-15)20(27)23-12-13-25(4)5/h6-11,14H,12-13H2,1-5H3,(H,23,27)(H,24,26). The van der Waals surface area contributed by atoms with E-state index in [-0.39, 0.29) is 22.9 Å². The van der Waals surface area contributed by atoms with Gasteiger partial charge in [0.25, 0.3) is 11.8 Å². The highest BCUT2D eigenvalue weighted by molar-refractivity contribution is 6.05. The molecule has 2 aromatic rings. The van der Waals surface area contributed by atoms with Gasteiger partial charge in [0.05, 0.1) is 0 Å². The number of likely N-dealkylation sites (N-methyl/N-ethyl adjacent to an activating group) is 1. The Hall–Kier alpha value is -2.73. The molecule has 0 bridgehead atoms. The fraction of sp³-hybridized carbons (Fsp3) is 0.381. The van der Waals surface area contributed by atoms with E-state index in [2.05, 4.69) is 36.4 Å². The lowest BCUT2D eigenvalue weighted by Crippen LogP contribution is -2.32. The molecule has 1 aromatic carbocycles. The van der Waals surface area contributed by atoms with E-state index in [1.807, 2.05) is 43.3 Å². The molecule has 2 rings (SSSR count). The molecule has 0 saturated carbocycles. The summed E-state index contributed by atoms with van der Waals surface area (Å²) in [5, 5.41) is 5.65. The number of benzene rings is 1. The van der Waals surface area contributed by atoms with Gasteiger partial charge in [0.1, 0.15) is 5.69 Å². The smallest absolute Gasteiger partial charge is 0.269 e. The third-order valence-corrected chi connectivity index (χ3v) is 4.11. The van der Waals surface area contributed by atoms with E-state index in [1.165, 1.54) is 17.8 Å². The quantitative estimate of drug-likeness (QED) is 0.822. The number of anilines is 1. The predicted octanol–water partition coefficient (Wildman–Crippen LogP) is 2.92. The maximum atomic E-state index is 12.5. The summed E-state index contributed by atoms with van der Waals surface area (Å²) < 4.78 is 0. The molecule has 0 aliphatic heterocycles. The van der Waals surface area contributed by atoms with Crippen LogP contribution in [0.15, 0.2) is 42.6 Å².